The van der Waals surface area contributed by atoms with E-state index in [1.807, 2.05) is 24.3 Å². The monoisotopic (exact) mass is 450 g/mol. The van der Waals surface area contributed by atoms with Crippen molar-refractivity contribution >= 4 is 74.1 Å². The number of fused-ring (bicyclic) bond motifs is 2. The molecule has 4 aromatic rings. The number of halogens is 4. The van der Waals surface area contributed by atoms with Gasteiger partial charge in [0.15, 0.2) is 11.5 Å². The fourth-order valence-electron chi connectivity index (χ4n) is 2.90. The number of hydrogen-bond donors (Lipinski definition) is 0. The SMILES string of the molecule is O=C(Oc1c(Cl)c(Cl)cc2ccccc12)Oc1c(Cl)c(Cl)cc2ccccc12. The van der Waals surface area contributed by atoms with Crippen LogP contribution in [0.4, 0.5) is 4.79 Å². The van der Waals surface area contributed by atoms with Crippen LogP contribution in [0.2, 0.25) is 20.1 Å². The molecule has 0 aliphatic rings. The summed E-state index contributed by atoms with van der Waals surface area (Å²) in [5.41, 5.74) is 0. The molecular formula is C21H10Cl4O3. The zero-order chi connectivity index (χ0) is 19.8. The number of rotatable bonds is 2. The van der Waals surface area contributed by atoms with Crippen LogP contribution in [0.5, 0.6) is 11.5 Å². The van der Waals surface area contributed by atoms with E-state index in [2.05, 4.69) is 0 Å². The van der Waals surface area contributed by atoms with Gasteiger partial charge in [0.2, 0.25) is 0 Å². The second-order valence-electron chi connectivity index (χ2n) is 5.90. The van der Waals surface area contributed by atoms with E-state index in [0.717, 1.165) is 10.8 Å². The molecule has 7 heteroatoms. The average molecular weight is 452 g/mol. The van der Waals surface area contributed by atoms with Crippen molar-refractivity contribution in [3.8, 4) is 11.5 Å². The summed E-state index contributed by atoms with van der Waals surface area (Å²) in [5, 5.41) is 3.52. The van der Waals surface area contributed by atoms with Crippen molar-refractivity contribution in [3.05, 3.63) is 80.8 Å². The smallest absolute Gasteiger partial charge is 0.392 e. The van der Waals surface area contributed by atoms with Crippen LogP contribution in [0.3, 0.4) is 0 Å². The predicted octanol–water partition coefficient (Wildman–Crippen LogP) is 8.18. The first-order chi connectivity index (χ1) is 13.5. The highest BCUT2D eigenvalue weighted by molar-refractivity contribution is 6.45. The second kappa shape index (κ2) is 7.69. The van der Waals surface area contributed by atoms with Crippen molar-refractivity contribution < 1.29 is 14.3 Å². The van der Waals surface area contributed by atoms with Crippen molar-refractivity contribution in [3.63, 3.8) is 0 Å². The molecule has 28 heavy (non-hydrogen) atoms. The van der Waals surface area contributed by atoms with Gasteiger partial charge >= 0.3 is 6.16 Å². The number of hydrogen-bond acceptors (Lipinski definition) is 3. The molecule has 0 aromatic heterocycles. The molecule has 0 saturated carbocycles. The maximum Gasteiger partial charge on any atom is 0.519 e. The molecule has 4 rings (SSSR count). The first-order valence-electron chi connectivity index (χ1n) is 8.09. The molecule has 0 saturated heterocycles. The molecule has 0 aliphatic carbocycles. The third kappa shape index (κ3) is 3.47. The van der Waals surface area contributed by atoms with E-state index >= 15 is 0 Å². The summed E-state index contributed by atoms with van der Waals surface area (Å²) in [4.78, 5) is 12.5. The van der Waals surface area contributed by atoms with Crippen molar-refractivity contribution in [2.75, 3.05) is 0 Å². The Kier molecular flexibility index (Phi) is 5.26. The lowest BCUT2D eigenvalue weighted by atomic mass is 10.1. The molecule has 4 aromatic carbocycles. The topological polar surface area (TPSA) is 35.5 Å². The Balaban J connectivity index is 1.74. The number of carbonyl (C=O) groups is 1. The maximum absolute atomic E-state index is 12.5. The minimum atomic E-state index is -1.01. The van der Waals surface area contributed by atoms with Gasteiger partial charge in [0, 0.05) is 10.8 Å². The average Bonchev–Trinajstić information content (AvgIpc) is 2.69. The molecular weight excluding hydrogens is 442 g/mol. The van der Waals surface area contributed by atoms with Crippen LogP contribution in [0.25, 0.3) is 21.5 Å². The first-order valence-corrected chi connectivity index (χ1v) is 9.60. The summed E-state index contributed by atoms with van der Waals surface area (Å²) in [6, 6.07) is 17.9. The highest BCUT2D eigenvalue weighted by Gasteiger charge is 2.20. The largest absolute Gasteiger partial charge is 0.519 e. The minimum absolute atomic E-state index is 0.109. The normalized spacial score (nSPS) is 11.0. The van der Waals surface area contributed by atoms with Crippen molar-refractivity contribution in [1.29, 1.82) is 0 Å². The zero-order valence-corrected chi connectivity index (χ0v) is 17.0. The van der Waals surface area contributed by atoms with Gasteiger partial charge in [-0.2, -0.15) is 0 Å². The van der Waals surface area contributed by atoms with E-state index in [0.29, 0.717) is 10.8 Å². The molecule has 0 spiro atoms. The second-order valence-corrected chi connectivity index (χ2v) is 7.47. The molecule has 0 N–H and O–H groups in total. The molecule has 0 heterocycles. The van der Waals surface area contributed by atoms with Gasteiger partial charge < -0.3 is 9.47 Å². The third-order valence-corrected chi connectivity index (χ3v) is 5.70. The summed E-state index contributed by atoms with van der Waals surface area (Å²) >= 11 is 24.8. The van der Waals surface area contributed by atoms with Crippen LogP contribution in [0.15, 0.2) is 60.7 Å². The van der Waals surface area contributed by atoms with E-state index < -0.39 is 6.16 Å². The summed E-state index contributed by atoms with van der Waals surface area (Å²) in [6.45, 7) is 0. The third-order valence-electron chi connectivity index (χ3n) is 4.16. The van der Waals surface area contributed by atoms with Crippen LogP contribution in [-0.4, -0.2) is 6.16 Å². The fourth-order valence-corrected chi connectivity index (χ4v) is 3.70. The first kappa shape index (κ1) is 19.2. The Hall–Kier alpha value is -2.17. The number of ether oxygens (including phenoxy) is 2. The van der Waals surface area contributed by atoms with E-state index in [1.54, 1.807) is 36.4 Å². The minimum Gasteiger partial charge on any atom is -0.392 e. The van der Waals surface area contributed by atoms with Crippen LogP contribution in [-0.2, 0) is 0 Å². The van der Waals surface area contributed by atoms with Crippen LogP contribution >= 0.6 is 46.4 Å². The van der Waals surface area contributed by atoms with Crippen LogP contribution in [0, 0.1) is 0 Å². The standard InChI is InChI=1S/C21H10Cl4O3/c22-15-9-11-5-1-3-7-13(11)19(17(15)24)27-21(26)28-20-14-8-4-2-6-12(14)10-16(23)18(20)25/h1-10H. The van der Waals surface area contributed by atoms with Gasteiger partial charge in [-0.15, -0.1) is 0 Å². The van der Waals surface area contributed by atoms with Crippen molar-refractivity contribution in [2.45, 2.75) is 0 Å². The van der Waals surface area contributed by atoms with Crippen molar-refractivity contribution in [1.82, 2.24) is 0 Å². The summed E-state index contributed by atoms with van der Waals surface area (Å²) in [7, 11) is 0. The molecule has 0 atom stereocenters. The number of carbonyl (C=O) groups excluding carboxylic acids is 1. The summed E-state index contributed by atoms with van der Waals surface area (Å²) in [5.74, 6) is 0.217. The molecule has 0 fully saturated rings. The van der Waals surface area contributed by atoms with Gasteiger partial charge in [0.25, 0.3) is 0 Å². The number of benzene rings is 4. The van der Waals surface area contributed by atoms with Crippen LogP contribution < -0.4 is 9.47 Å². The summed E-state index contributed by atoms with van der Waals surface area (Å²) < 4.78 is 10.8. The molecule has 0 aliphatic heterocycles. The van der Waals surface area contributed by atoms with E-state index in [9.17, 15) is 4.79 Å². The highest BCUT2D eigenvalue weighted by Crippen LogP contribution is 2.41. The summed E-state index contributed by atoms with van der Waals surface area (Å²) in [6.07, 6.45) is -1.01. The predicted molar refractivity (Wildman–Crippen MR) is 115 cm³/mol. The Bertz CT molecular complexity index is 1140. The lowest BCUT2D eigenvalue weighted by molar-refractivity contribution is 0.153. The van der Waals surface area contributed by atoms with Gasteiger partial charge in [-0.25, -0.2) is 4.79 Å². The van der Waals surface area contributed by atoms with Gasteiger partial charge in [0.05, 0.1) is 10.0 Å². The molecule has 0 bridgehead atoms. The Morgan fingerprint density at radius 3 is 1.46 bits per heavy atom. The molecule has 140 valence electrons. The highest BCUT2D eigenvalue weighted by atomic mass is 35.5. The molecule has 0 radical (unpaired) electrons. The Morgan fingerprint density at radius 1 is 0.643 bits per heavy atom. The Morgan fingerprint density at radius 2 is 1.04 bits per heavy atom. The molecule has 3 nitrogen and oxygen atoms in total. The van der Waals surface area contributed by atoms with Gasteiger partial charge in [-0.05, 0) is 22.9 Å². The molecule has 0 unspecified atom stereocenters. The lowest BCUT2D eigenvalue weighted by Gasteiger charge is -2.13. The van der Waals surface area contributed by atoms with Gasteiger partial charge in [-0.1, -0.05) is 94.9 Å². The van der Waals surface area contributed by atoms with Crippen molar-refractivity contribution in [2.24, 2.45) is 0 Å². The Labute approximate surface area is 180 Å². The van der Waals surface area contributed by atoms with Gasteiger partial charge in [0.1, 0.15) is 10.0 Å². The maximum atomic E-state index is 12.5. The van der Waals surface area contributed by atoms with E-state index in [4.69, 9.17) is 55.9 Å². The molecule has 0 amide bonds. The fraction of sp³-hybridized carbons (Fsp3) is 0. The van der Waals surface area contributed by atoms with E-state index in [-0.39, 0.29) is 31.6 Å². The van der Waals surface area contributed by atoms with Gasteiger partial charge in [-0.3, -0.25) is 0 Å². The quantitative estimate of drug-likeness (QED) is 0.227. The van der Waals surface area contributed by atoms with Crippen LogP contribution in [0.1, 0.15) is 0 Å². The zero-order valence-electron chi connectivity index (χ0n) is 14.0. The van der Waals surface area contributed by atoms with E-state index in [1.165, 1.54) is 0 Å². The lowest BCUT2D eigenvalue weighted by Crippen LogP contribution is -2.15.